The van der Waals surface area contributed by atoms with E-state index >= 15 is 0 Å². The van der Waals surface area contributed by atoms with E-state index in [1.165, 1.54) is 0 Å². The summed E-state index contributed by atoms with van der Waals surface area (Å²) in [6.07, 6.45) is 0. The van der Waals surface area contributed by atoms with Crippen molar-refractivity contribution in [2.75, 3.05) is 26.7 Å². The molecule has 0 atom stereocenters. The van der Waals surface area contributed by atoms with Crippen LogP contribution in [0.2, 0.25) is 0 Å². The molecule has 0 amide bonds. The summed E-state index contributed by atoms with van der Waals surface area (Å²) < 4.78 is 5.39. The molecule has 1 aromatic rings. The third-order valence-corrected chi connectivity index (χ3v) is 3.03. The van der Waals surface area contributed by atoms with E-state index < -0.39 is 0 Å². The number of aromatic hydroxyl groups is 1. The maximum atomic E-state index is 9.67. The van der Waals surface area contributed by atoms with Crippen LogP contribution in [0.1, 0.15) is 26.3 Å². The van der Waals surface area contributed by atoms with Crippen molar-refractivity contribution in [3.05, 3.63) is 23.8 Å². The molecule has 0 fully saturated rings. The summed E-state index contributed by atoms with van der Waals surface area (Å²) in [6, 6.07) is 5.50. The summed E-state index contributed by atoms with van der Waals surface area (Å²) in [5.74, 6) is 0.738. The number of nitrogens with zero attached hydrogens (tertiary/aromatic N) is 1. The van der Waals surface area contributed by atoms with Gasteiger partial charge in [-0.1, -0.05) is 19.9 Å². The van der Waals surface area contributed by atoms with Gasteiger partial charge < -0.3 is 20.5 Å². The number of phenols is 1. The van der Waals surface area contributed by atoms with Crippen LogP contribution in [0.3, 0.4) is 0 Å². The lowest BCUT2D eigenvalue weighted by Gasteiger charge is -2.29. The van der Waals surface area contributed by atoms with Gasteiger partial charge in [-0.05, 0) is 43.6 Å². The van der Waals surface area contributed by atoms with Crippen molar-refractivity contribution in [2.45, 2.75) is 27.3 Å². The van der Waals surface area contributed by atoms with Gasteiger partial charge >= 0.3 is 0 Å². The Morgan fingerprint density at radius 3 is 2.63 bits per heavy atom. The predicted molar refractivity (Wildman–Crippen MR) is 78.4 cm³/mol. The number of hydrogen-bond donors (Lipinski definition) is 2. The highest BCUT2D eigenvalue weighted by Crippen LogP contribution is 2.27. The molecule has 1 rings (SSSR count). The number of nitrogens with two attached hydrogens (primary N) is 1. The summed E-state index contributed by atoms with van der Waals surface area (Å²) in [7, 11) is 2.07. The first kappa shape index (κ1) is 15.8. The van der Waals surface area contributed by atoms with E-state index in [-0.39, 0.29) is 11.2 Å². The number of ether oxygens (including phenoxy) is 1. The lowest BCUT2D eigenvalue weighted by molar-refractivity contribution is 0.209. The van der Waals surface area contributed by atoms with Crippen LogP contribution in [0.4, 0.5) is 0 Å². The van der Waals surface area contributed by atoms with Crippen molar-refractivity contribution in [2.24, 2.45) is 11.1 Å². The van der Waals surface area contributed by atoms with Crippen molar-refractivity contribution < 1.29 is 9.84 Å². The molecule has 1 aromatic carbocycles. The molecule has 0 aliphatic rings. The summed E-state index contributed by atoms with van der Waals surface area (Å²) in [6.45, 7) is 9.17. The smallest absolute Gasteiger partial charge is 0.161 e. The Kier molecular flexibility index (Phi) is 5.63. The Labute approximate surface area is 116 Å². The summed E-state index contributed by atoms with van der Waals surface area (Å²) >= 11 is 0. The summed E-state index contributed by atoms with van der Waals surface area (Å²) in [5.41, 5.74) is 6.98. The van der Waals surface area contributed by atoms with Crippen LogP contribution in [0.5, 0.6) is 11.5 Å². The molecule has 0 radical (unpaired) electrons. The molecule has 0 heterocycles. The van der Waals surface area contributed by atoms with Crippen molar-refractivity contribution in [3.8, 4) is 11.5 Å². The molecular weight excluding hydrogens is 240 g/mol. The predicted octanol–water partition coefficient (Wildman–Crippen LogP) is 2.21. The monoisotopic (exact) mass is 266 g/mol. The first-order chi connectivity index (χ1) is 8.88. The van der Waals surface area contributed by atoms with E-state index in [0.717, 1.165) is 18.7 Å². The third-order valence-electron chi connectivity index (χ3n) is 3.03. The SMILES string of the molecule is CCOc1cc(CN(C)CC(C)(C)CN)ccc1O. The molecule has 0 aliphatic carbocycles. The minimum Gasteiger partial charge on any atom is -0.504 e. The van der Waals surface area contributed by atoms with Gasteiger partial charge in [0.2, 0.25) is 0 Å². The van der Waals surface area contributed by atoms with Crippen LogP contribution in [0.25, 0.3) is 0 Å². The van der Waals surface area contributed by atoms with Crippen LogP contribution in [-0.4, -0.2) is 36.8 Å². The van der Waals surface area contributed by atoms with Gasteiger partial charge in [0.15, 0.2) is 11.5 Å². The van der Waals surface area contributed by atoms with E-state index in [1.54, 1.807) is 6.07 Å². The number of rotatable bonds is 7. The van der Waals surface area contributed by atoms with Gasteiger partial charge in [-0.15, -0.1) is 0 Å². The van der Waals surface area contributed by atoms with Crippen molar-refractivity contribution in [3.63, 3.8) is 0 Å². The summed E-state index contributed by atoms with van der Waals surface area (Å²) in [5, 5.41) is 9.67. The lowest BCUT2D eigenvalue weighted by Crippen LogP contribution is -2.36. The van der Waals surface area contributed by atoms with E-state index in [4.69, 9.17) is 10.5 Å². The second-order valence-corrected chi connectivity index (χ2v) is 5.78. The van der Waals surface area contributed by atoms with Gasteiger partial charge in [-0.25, -0.2) is 0 Å². The van der Waals surface area contributed by atoms with Crippen molar-refractivity contribution in [1.82, 2.24) is 4.90 Å². The highest BCUT2D eigenvalue weighted by atomic mass is 16.5. The molecule has 0 saturated carbocycles. The topological polar surface area (TPSA) is 58.7 Å². The van der Waals surface area contributed by atoms with Gasteiger partial charge in [0, 0.05) is 13.1 Å². The maximum absolute atomic E-state index is 9.67. The first-order valence-corrected chi connectivity index (χ1v) is 6.71. The number of phenolic OH excluding ortho intramolecular Hbond substituents is 1. The largest absolute Gasteiger partial charge is 0.504 e. The van der Waals surface area contributed by atoms with Gasteiger partial charge in [-0.2, -0.15) is 0 Å². The first-order valence-electron chi connectivity index (χ1n) is 6.71. The minimum atomic E-state index is 0.106. The minimum absolute atomic E-state index is 0.106. The quantitative estimate of drug-likeness (QED) is 0.794. The normalized spacial score (nSPS) is 11.9. The molecule has 19 heavy (non-hydrogen) atoms. The standard InChI is InChI=1S/C15H26N2O2/c1-5-19-14-8-12(6-7-13(14)18)9-17(4)11-15(2,3)10-16/h6-8,18H,5,9-11,16H2,1-4H3. The molecule has 0 aromatic heterocycles. The second-order valence-electron chi connectivity index (χ2n) is 5.78. The molecular formula is C15H26N2O2. The number of hydrogen-bond acceptors (Lipinski definition) is 4. The van der Waals surface area contributed by atoms with Crippen LogP contribution in [0, 0.1) is 5.41 Å². The molecule has 4 heteroatoms. The molecule has 4 nitrogen and oxygen atoms in total. The summed E-state index contributed by atoms with van der Waals surface area (Å²) in [4.78, 5) is 2.23. The molecule has 0 spiro atoms. The van der Waals surface area contributed by atoms with E-state index in [0.29, 0.717) is 18.9 Å². The highest BCUT2D eigenvalue weighted by molar-refractivity contribution is 5.41. The van der Waals surface area contributed by atoms with Crippen molar-refractivity contribution in [1.29, 1.82) is 0 Å². The third kappa shape index (κ3) is 5.09. The van der Waals surface area contributed by atoms with E-state index in [1.807, 2.05) is 19.1 Å². The highest BCUT2D eigenvalue weighted by Gasteiger charge is 2.18. The zero-order valence-corrected chi connectivity index (χ0v) is 12.4. The Hall–Kier alpha value is -1.26. The van der Waals surface area contributed by atoms with Gasteiger partial charge in [-0.3, -0.25) is 0 Å². The average molecular weight is 266 g/mol. The zero-order chi connectivity index (χ0) is 14.5. The maximum Gasteiger partial charge on any atom is 0.161 e. The van der Waals surface area contributed by atoms with Crippen LogP contribution in [0.15, 0.2) is 18.2 Å². The van der Waals surface area contributed by atoms with E-state index in [9.17, 15) is 5.11 Å². The number of benzene rings is 1. The average Bonchev–Trinajstić information content (AvgIpc) is 2.33. The molecule has 0 unspecified atom stereocenters. The Balaban J connectivity index is 2.69. The molecule has 0 bridgehead atoms. The molecule has 108 valence electrons. The fourth-order valence-electron chi connectivity index (χ4n) is 2.09. The second kappa shape index (κ2) is 6.78. The Bertz CT molecular complexity index is 405. The molecule has 3 N–H and O–H groups in total. The van der Waals surface area contributed by atoms with Gasteiger partial charge in [0.1, 0.15) is 0 Å². The van der Waals surface area contributed by atoms with Crippen LogP contribution >= 0.6 is 0 Å². The molecule has 0 aliphatic heterocycles. The fourth-order valence-corrected chi connectivity index (χ4v) is 2.09. The zero-order valence-electron chi connectivity index (χ0n) is 12.4. The molecule has 0 saturated heterocycles. The van der Waals surface area contributed by atoms with Crippen molar-refractivity contribution >= 4 is 0 Å². The Morgan fingerprint density at radius 2 is 2.05 bits per heavy atom. The van der Waals surface area contributed by atoms with E-state index in [2.05, 4.69) is 25.8 Å². The Morgan fingerprint density at radius 1 is 1.37 bits per heavy atom. The van der Waals surface area contributed by atoms with Gasteiger partial charge in [0.25, 0.3) is 0 Å². The van der Waals surface area contributed by atoms with Gasteiger partial charge in [0.05, 0.1) is 6.61 Å². The fraction of sp³-hybridized carbons (Fsp3) is 0.600. The lowest BCUT2D eigenvalue weighted by atomic mass is 9.93. The van der Waals surface area contributed by atoms with Crippen LogP contribution in [-0.2, 0) is 6.54 Å². The van der Waals surface area contributed by atoms with Crippen LogP contribution < -0.4 is 10.5 Å².